The molecule has 0 radical (unpaired) electrons. The van der Waals surface area contributed by atoms with Gasteiger partial charge in [0, 0.05) is 42.8 Å². The van der Waals surface area contributed by atoms with Crippen molar-refractivity contribution in [1.82, 2.24) is 9.47 Å². The Morgan fingerprint density at radius 3 is 2.59 bits per heavy atom. The molecule has 2 rings (SSSR count). The Morgan fingerprint density at radius 1 is 1.24 bits per heavy atom. The number of fused-ring (bicyclic) bond motifs is 1. The second-order valence-electron chi connectivity index (χ2n) is 4.18. The van der Waals surface area contributed by atoms with Gasteiger partial charge in [-0.1, -0.05) is 0 Å². The lowest BCUT2D eigenvalue weighted by Crippen LogP contribution is -2.30. The maximum atomic E-state index is 12.2. The molecule has 3 nitrogen and oxygen atoms in total. The fraction of sp³-hybridized carbons (Fsp3) is 0.357. The number of carbonyl (C=O) groups is 1. The third kappa shape index (κ3) is 2.05. The van der Waals surface area contributed by atoms with Crippen LogP contribution in [0.25, 0.3) is 10.9 Å². The highest BCUT2D eigenvalue weighted by Gasteiger charge is 2.12. The Kier molecular flexibility index (Phi) is 3.18. The van der Waals surface area contributed by atoms with E-state index in [0.29, 0.717) is 0 Å². The zero-order valence-corrected chi connectivity index (χ0v) is 10.6. The molecule has 0 saturated carbocycles. The molecule has 0 saturated heterocycles. The summed E-state index contributed by atoms with van der Waals surface area (Å²) in [7, 11) is 2.01. The highest BCUT2D eigenvalue weighted by atomic mass is 16.2. The lowest BCUT2D eigenvalue weighted by molar-refractivity contribution is 0.0773. The van der Waals surface area contributed by atoms with E-state index in [1.807, 2.05) is 56.3 Å². The number of benzene rings is 1. The van der Waals surface area contributed by atoms with Crippen LogP contribution in [0.4, 0.5) is 0 Å². The quantitative estimate of drug-likeness (QED) is 0.795. The molecule has 3 heteroatoms. The van der Waals surface area contributed by atoms with Gasteiger partial charge in [-0.15, -0.1) is 0 Å². The number of aromatic nitrogens is 1. The zero-order chi connectivity index (χ0) is 12.4. The van der Waals surface area contributed by atoms with Gasteiger partial charge < -0.3 is 9.47 Å². The Morgan fingerprint density at radius 2 is 1.94 bits per heavy atom. The van der Waals surface area contributed by atoms with Crippen molar-refractivity contribution >= 4 is 16.8 Å². The van der Waals surface area contributed by atoms with Crippen LogP contribution in [0.3, 0.4) is 0 Å². The van der Waals surface area contributed by atoms with Crippen molar-refractivity contribution in [3.63, 3.8) is 0 Å². The van der Waals surface area contributed by atoms with Crippen LogP contribution in [0.5, 0.6) is 0 Å². The van der Waals surface area contributed by atoms with Gasteiger partial charge in [0.2, 0.25) is 0 Å². The van der Waals surface area contributed by atoms with Crippen LogP contribution >= 0.6 is 0 Å². The van der Waals surface area contributed by atoms with E-state index in [-0.39, 0.29) is 5.91 Å². The van der Waals surface area contributed by atoms with Gasteiger partial charge in [-0.3, -0.25) is 4.79 Å². The monoisotopic (exact) mass is 230 g/mol. The summed E-state index contributed by atoms with van der Waals surface area (Å²) in [6.45, 7) is 5.51. The third-order valence-corrected chi connectivity index (χ3v) is 3.18. The Hall–Kier alpha value is -1.77. The smallest absolute Gasteiger partial charge is 0.253 e. The average molecular weight is 230 g/mol. The summed E-state index contributed by atoms with van der Waals surface area (Å²) in [5, 5.41) is 1.12. The van der Waals surface area contributed by atoms with Crippen molar-refractivity contribution in [1.29, 1.82) is 0 Å². The molecule has 2 aromatic rings. The Bertz CT molecular complexity index is 538. The van der Waals surface area contributed by atoms with Gasteiger partial charge in [0.15, 0.2) is 0 Å². The lowest BCUT2D eigenvalue weighted by Gasteiger charge is -2.18. The van der Waals surface area contributed by atoms with Crippen LogP contribution in [0, 0.1) is 0 Å². The molecule has 17 heavy (non-hydrogen) atoms. The van der Waals surface area contributed by atoms with Crippen molar-refractivity contribution in [3.8, 4) is 0 Å². The first kappa shape index (κ1) is 11.7. The number of amides is 1. The predicted molar refractivity (Wildman–Crippen MR) is 70.2 cm³/mol. The summed E-state index contributed by atoms with van der Waals surface area (Å²) >= 11 is 0. The summed E-state index contributed by atoms with van der Waals surface area (Å²) in [4.78, 5) is 14.0. The fourth-order valence-electron chi connectivity index (χ4n) is 2.11. The van der Waals surface area contributed by atoms with Crippen LogP contribution in [-0.4, -0.2) is 28.5 Å². The number of hydrogen-bond acceptors (Lipinski definition) is 1. The molecule has 1 aromatic carbocycles. The minimum atomic E-state index is 0.112. The van der Waals surface area contributed by atoms with E-state index in [1.165, 1.54) is 0 Å². The maximum absolute atomic E-state index is 12.2. The third-order valence-electron chi connectivity index (χ3n) is 3.18. The van der Waals surface area contributed by atoms with E-state index in [2.05, 4.69) is 4.57 Å². The van der Waals surface area contributed by atoms with E-state index >= 15 is 0 Å². The van der Waals surface area contributed by atoms with Crippen LogP contribution in [0.1, 0.15) is 24.2 Å². The second-order valence-corrected chi connectivity index (χ2v) is 4.18. The molecule has 0 N–H and O–H groups in total. The number of aryl methyl sites for hydroxylation is 1. The van der Waals surface area contributed by atoms with Crippen molar-refractivity contribution in [2.24, 2.45) is 7.05 Å². The van der Waals surface area contributed by atoms with Crippen LogP contribution in [0.2, 0.25) is 0 Å². The first-order chi connectivity index (χ1) is 8.17. The summed E-state index contributed by atoms with van der Waals surface area (Å²) in [5.74, 6) is 0.112. The Balaban J connectivity index is 2.39. The molecule has 0 spiro atoms. The molecule has 1 aromatic heterocycles. The SMILES string of the molecule is CCN(CC)C(=O)c1ccc2c(ccn2C)c1. The van der Waals surface area contributed by atoms with E-state index in [4.69, 9.17) is 0 Å². The number of carbonyl (C=O) groups excluding carboxylic acids is 1. The molecular formula is C14H18N2O. The van der Waals surface area contributed by atoms with E-state index in [1.54, 1.807) is 0 Å². The van der Waals surface area contributed by atoms with Gasteiger partial charge in [-0.05, 0) is 38.1 Å². The molecule has 0 aliphatic rings. The average Bonchev–Trinajstić information content (AvgIpc) is 2.72. The van der Waals surface area contributed by atoms with E-state index < -0.39 is 0 Å². The van der Waals surface area contributed by atoms with Gasteiger partial charge in [-0.2, -0.15) is 0 Å². The fourth-order valence-corrected chi connectivity index (χ4v) is 2.11. The number of rotatable bonds is 3. The summed E-state index contributed by atoms with van der Waals surface area (Å²) in [6.07, 6.45) is 2.01. The molecule has 0 aliphatic carbocycles. The number of hydrogen-bond donors (Lipinski definition) is 0. The van der Waals surface area contributed by atoms with Crippen LogP contribution in [0.15, 0.2) is 30.5 Å². The highest BCUT2D eigenvalue weighted by Crippen LogP contribution is 2.17. The zero-order valence-electron chi connectivity index (χ0n) is 10.6. The normalized spacial score (nSPS) is 10.8. The first-order valence-corrected chi connectivity index (χ1v) is 6.01. The molecule has 90 valence electrons. The van der Waals surface area contributed by atoms with Crippen molar-refractivity contribution in [2.75, 3.05) is 13.1 Å². The van der Waals surface area contributed by atoms with Crippen molar-refractivity contribution < 1.29 is 4.79 Å². The largest absolute Gasteiger partial charge is 0.351 e. The van der Waals surface area contributed by atoms with Gasteiger partial charge in [-0.25, -0.2) is 0 Å². The molecule has 1 amide bonds. The topological polar surface area (TPSA) is 25.2 Å². The molecular weight excluding hydrogens is 212 g/mol. The first-order valence-electron chi connectivity index (χ1n) is 6.01. The lowest BCUT2D eigenvalue weighted by atomic mass is 10.1. The molecule has 0 atom stereocenters. The minimum Gasteiger partial charge on any atom is -0.351 e. The van der Waals surface area contributed by atoms with Gasteiger partial charge >= 0.3 is 0 Å². The minimum absolute atomic E-state index is 0.112. The molecule has 0 aliphatic heterocycles. The highest BCUT2D eigenvalue weighted by molar-refractivity contribution is 5.98. The van der Waals surface area contributed by atoms with Gasteiger partial charge in [0.05, 0.1) is 0 Å². The molecule has 0 fully saturated rings. The molecule has 0 bridgehead atoms. The summed E-state index contributed by atoms with van der Waals surface area (Å²) in [6, 6.07) is 7.92. The standard InChI is InChI=1S/C14H18N2O/c1-4-16(5-2)14(17)12-6-7-13-11(10-12)8-9-15(13)3/h6-10H,4-5H2,1-3H3. The van der Waals surface area contributed by atoms with Crippen molar-refractivity contribution in [2.45, 2.75) is 13.8 Å². The van der Waals surface area contributed by atoms with E-state index in [9.17, 15) is 4.79 Å². The predicted octanol–water partition coefficient (Wildman–Crippen LogP) is 2.66. The van der Waals surface area contributed by atoms with Crippen molar-refractivity contribution in [3.05, 3.63) is 36.0 Å². The molecule has 0 unspecified atom stereocenters. The van der Waals surface area contributed by atoms with Crippen LogP contribution in [-0.2, 0) is 7.05 Å². The van der Waals surface area contributed by atoms with Crippen LogP contribution < -0.4 is 0 Å². The van der Waals surface area contributed by atoms with E-state index in [0.717, 1.165) is 29.6 Å². The molecule has 1 heterocycles. The second kappa shape index (κ2) is 4.62. The number of nitrogens with zero attached hydrogens (tertiary/aromatic N) is 2. The van der Waals surface area contributed by atoms with Gasteiger partial charge in [0.1, 0.15) is 0 Å². The Labute approximate surface area is 102 Å². The van der Waals surface area contributed by atoms with Gasteiger partial charge in [0.25, 0.3) is 5.91 Å². The maximum Gasteiger partial charge on any atom is 0.253 e. The summed E-state index contributed by atoms with van der Waals surface area (Å²) in [5.41, 5.74) is 1.92. The summed E-state index contributed by atoms with van der Waals surface area (Å²) < 4.78 is 2.06.